The van der Waals surface area contributed by atoms with Crippen molar-refractivity contribution in [2.24, 2.45) is 0 Å². The molecule has 74 valence electrons. The first-order valence-corrected chi connectivity index (χ1v) is 4.44. The molecule has 4 heteroatoms. The van der Waals surface area contributed by atoms with Crippen LogP contribution in [0.5, 0.6) is 0 Å². The summed E-state index contributed by atoms with van der Waals surface area (Å²) in [7, 11) is 0. The molecule has 0 spiro atoms. The minimum Gasteiger partial charge on any atom is -0.451 e. The van der Waals surface area contributed by atoms with Gasteiger partial charge < -0.3 is 4.74 Å². The van der Waals surface area contributed by atoms with Crippen LogP contribution in [0.25, 0.3) is 0 Å². The van der Waals surface area contributed by atoms with E-state index < -0.39 is 0 Å². The third-order valence-electron chi connectivity index (χ3n) is 1.45. The fourth-order valence-electron chi connectivity index (χ4n) is 0.786. The Labute approximate surface area is 86.6 Å². The van der Waals surface area contributed by atoms with Crippen LogP contribution in [0.4, 0.5) is 0 Å². The maximum atomic E-state index is 10.4. The summed E-state index contributed by atoms with van der Waals surface area (Å²) < 4.78 is 4.07. The van der Waals surface area contributed by atoms with Crippen molar-refractivity contribution in [3.8, 4) is 0 Å². The van der Waals surface area contributed by atoms with Crippen LogP contribution in [-0.4, -0.2) is 17.8 Å². The van der Waals surface area contributed by atoms with E-state index >= 15 is 0 Å². The SMILES string of the molecule is O=C(Cl)Cc1ccccc1.O=C1CO1. The predicted molar refractivity (Wildman–Crippen MR) is 52.0 cm³/mol. The lowest BCUT2D eigenvalue weighted by Crippen LogP contribution is -1.91. The van der Waals surface area contributed by atoms with Gasteiger partial charge in [-0.25, -0.2) is 4.79 Å². The van der Waals surface area contributed by atoms with Gasteiger partial charge in [0.05, 0.1) is 0 Å². The van der Waals surface area contributed by atoms with Crippen LogP contribution in [0.15, 0.2) is 30.3 Å². The molecule has 0 N–H and O–H groups in total. The van der Waals surface area contributed by atoms with Crippen molar-refractivity contribution < 1.29 is 14.3 Å². The van der Waals surface area contributed by atoms with Gasteiger partial charge in [0.15, 0.2) is 6.61 Å². The molecule has 0 radical (unpaired) electrons. The molecule has 1 aromatic rings. The molecule has 14 heavy (non-hydrogen) atoms. The minimum absolute atomic E-state index is 0.0833. The van der Waals surface area contributed by atoms with E-state index in [1.165, 1.54) is 0 Å². The molecule has 1 aliphatic rings. The van der Waals surface area contributed by atoms with E-state index in [0.29, 0.717) is 13.0 Å². The van der Waals surface area contributed by atoms with E-state index in [0.717, 1.165) is 5.56 Å². The van der Waals surface area contributed by atoms with Crippen molar-refractivity contribution in [3.63, 3.8) is 0 Å². The standard InChI is InChI=1S/C8H7ClO.C2H2O2/c9-8(10)6-7-4-2-1-3-5-7;3-2-1-4-2/h1-5H,6H2;1H2. The second-order valence-electron chi connectivity index (χ2n) is 2.68. The number of halogens is 1. The van der Waals surface area contributed by atoms with Crippen LogP contribution in [0.3, 0.4) is 0 Å². The lowest BCUT2D eigenvalue weighted by molar-refractivity contribution is -0.117. The number of carbonyl (C=O) groups is 2. The Bertz CT molecular complexity index is 315. The Morgan fingerprint density at radius 2 is 1.86 bits per heavy atom. The molecule has 0 unspecified atom stereocenters. The number of hydrogen-bond acceptors (Lipinski definition) is 3. The number of carbonyl (C=O) groups excluding carboxylic acids is 2. The van der Waals surface area contributed by atoms with Gasteiger partial charge in [0.1, 0.15) is 0 Å². The van der Waals surface area contributed by atoms with E-state index in [-0.39, 0.29) is 11.2 Å². The Hall–Kier alpha value is -1.35. The van der Waals surface area contributed by atoms with Crippen molar-refractivity contribution in [1.82, 2.24) is 0 Å². The van der Waals surface area contributed by atoms with Crippen molar-refractivity contribution >= 4 is 22.8 Å². The smallest absolute Gasteiger partial charge is 0.344 e. The summed E-state index contributed by atoms with van der Waals surface area (Å²) in [6, 6.07) is 9.42. The summed E-state index contributed by atoms with van der Waals surface area (Å²) in [5.74, 6) is -0.0833. The molecule has 0 aliphatic carbocycles. The van der Waals surface area contributed by atoms with Crippen molar-refractivity contribution in [2.75, 3.05) is 6.61 Å². The highest BCUT2D eigenvalue weighted by Crippen LogP contribution is 2.00. The highest BCUT2D eigenvalue weighted by Gasteiger charge is 2.15. The Morgan fingerprint density at radius 3 is 2.21 bits per heavy atom. The Kier molecular flexibility index (Phi) is 4.13. The first-order valence-electron chi connectivity index (χ1n) is 4.06. The highest BCUT2D eigenvalue weighted by molar-refractivity contribution is 6.63. The zero-order valence-electron chi connectivity index (χ0n) is 7.40. The topological polar surface area (TPSA) is 46.7 Å². The number of cyclic esters (lactones) is 1. The number of benzene rings is 1. The molecule has 1 aromatic carbocycles. The fourth-order valence-corrected chi connectivity index (χ4v) is 0.940. The summed E-state index contributed by atoms with van der Waals surface area (Å²) in [5.41, 5.74) is 0.961. The molecule has 1 fully saturated rings. The van der Waals surface area contributed by atoms with Crippen molar-refractivity contribution in [2.45, 2.75) is 6.42 Å². The van der Waals surface area contributed by atoms with Gasteiger partial charge in [0.2, 0.25) is 5.24 Å². The molecule has 0 amide bonds. The van der Waals surface area contributed by atoms with Crippen molar-refractivity contribution in [3.05, 3.63) is 35.9 Å². The van der Waals surface area contributed by atoms with E-state index in [1.807, 2.05) is 30.3 Å². The molecule has 2 rings (SSSR count). The summed E-state index contributed by atoms with van der Waals surface area (Å²) >= 11 is 5.17. The molecule has 0 aromatic heterocycles. The first-order chi connectivity index (χ1) is 6.68. The molecule has 0 atom stereocenters. The van der Waals surface area contributed by atoms with Crippen LogP contribution >= 0.6 is 11.6 Å². The monoisotopic (exact) mass is 212 g/mol. The average molecular weight is 213 g/mol. The second kappa shape index (κ2) is 5.40. The fraction of sp³-hybridized carbons (Fsp3) is 0.200. The van der Waals surface area contributed by atoms with Gasteiger partial charge >= 0.3 is 5.97 Å². The molecule has 1 aliphatic heterocycles. The second-order valence-corrected chi connectivity index (χ2v) is 3.10. The van der Waals surface area contributed by atoms with E-state index in [9.17, 15) is 9.59 Å². The van der Waals surface area contributed by atoms with E-state index in [2.05, 4.69) is 4.74 Å². The number of hydrogen-bond donors (Lipinski definition) is 0. The molecular weight excluding hydrogens is 204 g/mol. The van der Waals surface area contributed by atoms with Gasteiger partial charge in [-0.1, -0.05) is 30.3 Å². The van der Waals surface area contributed by atoms with Crippen LogP contribution in [0.2, 0.25) is 0 Å². The normalized spacial score (nSPS) is 12.2. The molecule has 0 bridgehead atoms. The van der Waals surface area contributed by atoms with E-state index in [4.69, 9.17) is 11.6 Å². The largest absolute Gasteiger partial charge is 0.451 e. The summed E-state index contributed by atoms with van der Waals surface area (Å²) in [5, 5.41) is -0.314. The number of ether oxygens (including phenoxy) is 1. The Balaban J connectivity index is 0.000000203. The summed E-state index contributed by atoms with van der Waals surface area (Å²) in [6.45, 7) is 0.347. The van der Waals surface area contributed by atoms with Crippen molar-refractivity contribution in [1.29, 1.82) is 0 Å². The van der Waals surface area contributed by atoms with Gasteiger partial charge in [0.25, 0.3) is 0 Å². The third-order valence-corrected chi connectivity index (χ3v) is 1.58. The summed E-state index contributed by atoms with van der Waals surface area (Å²) in [6.07, 6.45) is 0.322. The number of rotatable bonds is 2. The zero-order valence-corrected chi connectivity index (χ0v) is 8.16. The van der Waals surface area contributed by atoms with Gasteiger partial charge in [-0.15, -0.1) is 0 Å². The maximum absolute atomic E-state index is 10.4. The van der Waals surface area contributed by atoms with Gasteiger partial charge in [-0.3, -0.25) is 4.79 Å². The molecule has 1 saturated heterocycles. The molecular formula is C10H9ClO3. The van der Waals surface area contributed by atoms with Gasteiger partial charge in [-0.2, -0.15) is 0 Å². The molecule has 0 saturated carbocycles. The van der Waals surface area contributed by atoms with Gasteiger partial charge in [0, 0.05) is 6.42 Å². The van der Waals surface area contributed by atoms with E-state index in [1.54, 1.807) is 0 Å². The maximum Gasteiger partial charge on any atom is 0.344 e. The average Bonchev–Trinajstić information content (AvgIpc) is 2.89. The van der Waals surface area contributed by atoms with Crippen LogP contribution < -0.4 is 0 Å². The lowest BCUT2D eigenvalue weighted by Gasteiger charge is -1.92. The van der Waals surface area contributed by atoms with Crippen LogP contribution in [-0.2, 0) is 20.7 Å². The number of epoxide rings is 1. The quantitative estimate of drug-likeness (QED) is 0.552. The summed E-state index contributed by atoms with van der Waals surface area (Å²) in [4.78, 5) is 19.7. The Morgan fingerprint density at radius 1 is 1.36 bits per heavy atom. The molecule has 3 nitrogen and oxygen atoms in total. The zero-order chi connectivity index (χ0) is 10.4. The first kappa shape index (κ1) is 10.7. The van der Waals surface area contributed by atoms with Crippen LogP contribution in [0.1, 0.15) is 5.56 Å². The predicted octanol–water partition coefficient (Wildman–Crippen LogP) is 1.54. The van der Waals surface area contributed by atoms with Crippen LogP contribution in [0, 0.1) is 0 Å². The highest BCUT2D eigenvalue weighted by atomic mass is 35.5. The third kappa shape index (κ3) is 5.32. The molecule has 1 heterocycles. The lowest BCUT2D eigenvalue weighted by atomic mass is 10.2. The minimum atomic E-state index is -0.314. The van der Waals surface area contributed by atoms with Gasteiger partial charge in [-0.05, 0) is 17.2 Å².